The zero-order valence-corrected chi connectivity index (χ0v) is 13.4. The van der Waals surface area contributed by atoms with E-state index in [0.717, 1.165) is 14.5 Å². The van der Waals surface area contributed by atoms with Crippen LogP contribution in [0, 0.1) is 12.8 Å². The lowest BCUT2D eigenvalue weighted by atomic mass is 10.1. The molecule has 7 heteroatoms. The minimum absolute atomic E-state index is 0.148. The van der Waals surface area contributed by atoms with Crippen molar-refractivity contribution >= 4 is 43.2 Å². The van der Waals surface area contributed by atoms with Crippen molar-refractivity contribution in [2.75, 3.05) is 6.54 Å². The second-order valence-corrected chi connectivity index (χ2v) is 8.85. The normalized spacial score (nSPS) is 20.7. The molecule has 1 aliphatic heterocycles. The molecular formula is C11H14BrNO3S2. The predicted molar refractivity (Wildman–Crippen MR) is 74.1 cm³/mol. The number of rotatable bonds is 3. The van der Waals surface area contributed by atoms with Crippen LogP contribution in [-0.2, 0) is 14.8 Å². The molecule has 1 saturated heterocycles. The highest BCUT2D eigenvalue weighted by atomic mass is 79.9. The molecule has 100 valence electrons. The lowest BCUT2D eigenvalue weighted by Crippen LogP contribution is -2.32. The highest BCUT2D eigenvalue weighted by molar-refractivity contribution is 9.11. The number of aryl methyl sites for hydroxylation is 1. The maximum Gasteiger partial charge on any atom is 0.267 e. The summed E-state index contributed by atoms with van der Waals surface area (Å²) in [5, 5.41) is 0. The summed E-state index contributed by atoms with van der Waals surface area (Å²) in [4.78, 5) is 12.8. The number of carbonyl (C=O) groups is 1. The smallest absolute Gasteiger partial charge is 0.267 e. The first-order chi connectivity index (χ1) is 8.36. The molecule has 0 aliphatic carbocycles. The fraction of sp³-hybridized carbons (Fsp3) is 0.545. The Bertz CT molecular complexity index is 579. The van der Waals surface area contributed by atoms with Crippen LogP contribution in [0.15, 0.2) is 14.7 Å². The second kappa shape index (κ2) is 4.94. The van der Waals surface area contributed by atoms with Gasteiger partial charge in [0.05, 0.1) is 3.79 Å². The molecule has 2 heterocycles. The van der Waals surface area contributed by atoms with Crippen molar-refractivity contribution in [3.63, 3.8) is 0 Å². The van der Waals surface area contributed by atoms with E-state index < -0.39 is 10.0 Å². The predicted octanol–water partition coefficient (Wildman–Crippen LogP) is 2.77. The Morgan fingerprint density at radius 2 is 2.22 bits per heavy atom. The summed E-state index contributed by atoms with van der Waals surface area (Å²) in [5.74, 6) is -0.141. The van der Waals surface area contributed by atoms with Gasteiger partial charge in [-0.25, -0.2) is 12.7 Å². The van der Waals surface area contributed by atoms with E-state index in [9.17, 15) is 13.2 Å². The van der Waals surface area contributed by atoms with Gasteiger partial charge in [-0.15, -0.1) is 11.3 Å². The molecular weight excluding hydrogens is 338 g/mol. The summed E-state index contributed by atoms with van der Waals surface area (Å²) in [6, 6.07) is 1.57. The molecule has 0 aromatic carbocycles. The first-order valence-electron chi connectivity index (χ1n) is 5.67. The highest BCUT2D eigenvalue weighted by Gasteiger charge is 2.38. The summed E-state index contributed by atoms with van der Waals surface area (Å²) in [5.41, 5.74) is 0. The third kappa shape index (κ3) is 2.35. The number of nitrogens with zero attached hydrogens (tertiary/aromatic N) is 1. The Labute approximate surface area is 119 Å². The third-order valence-corrected chi connectivity index (χ3v) is 6.75. The van der Waals surface area contributed by atoms with Gasteiger partial charge in [-0.1, -0.05) is 13.3 Å². The van der Waals surface area contributed by atoms with Crippen molar-refractivity contribution in [2.45, 2.75) is 31.6 Å². The lowest BCUT2D eigenvalue weighted by molar-refractivity contribution is -0.123. The van der Waals surface area contributed by atoms with Crippen LogP contribution in [0.4, 0.5) is 0 Å². The van der Waals surface area contributed by atoms with Gasteiger partial charge in [0.1, 0.15) is 4.90 Å². The summed E-state index contributed by atoms with van der Waals surface area (Å²) >= 11 is 4.64. The monoisotopic (exact) mass is 351 g/mol. The van der Waals surface area contributed by atoms with E-state index in [1.165, 1.54) is 11.3 Å². The minimum atomic E-state index is -3.68. The van der Waals surface area contributed by atoms with Crippen molar-refractivity contribution in [3.05, 3.63) is 14.7 Å². The first-order valence-corrected chi connectivity index (χ1v) is 8.72. The molecule has 1 unspecified atom stereocenters. The molecule has 1 atom stereocenters. The van der Waals surface area contributed by atoms with Gasteiger partial charge < -0.3 is 0 Å². The zero-order chi connectivity index (χ0) is 13.5. The average molecular weight is 352 g/mol. The SMILES string of the molecule is CCC1CC(=O)N(S(=O)(=O)c2cc(Br)sc2C)C1. The van der Waals surface area contributed by atoms with Gasteiger partial charge in [0.15, 0.2) is 0 Å². The molecule has 1 amide bonds. The van der Waals surface area contributed by atoms with Crippen molar-refractivity contribution < 1.29 is 13.2 Å². The number of thiophene rings is 1. The molecule has 4 nitrogen and oxygen atoms in total. The van der Waals surface area contributed by atoms with E-state index in [2.05, 4.69) is 15.9 Å². The molecule has 1 aromatic heterocycles. The Morgan fingerprint density at radius 1 is 1.56 bits per heavy atom. The van der Waals surface area contributed by atoms with Crippen LogP contribution in [-0.4, -0.2) is 25.2 Å². The van der Waals surface area contributed by atoms with Gasteiger partial charge in [-0.3, -0.25) is 4.79 Å². The molecule has 18 heavy (non-hydrogen) atoms. The molecule has 0 bridgehead atoms. The Morgan fingerprint density at radius 3 is 2.67 bits per heavy atom. The fourth-order valence-corrected chi connectivity index (χ4v) is 5.93. The Hall–Kier alpha value is -0.400. The number of hydrogen-bond acceptors (Lipinski definition) is 4. The quantitative estimate of drug-likeness (QED) is 0.841. The molecule has 1 aromatic rings. The molecule has 1 aliphatic rings. The Balaban J connectivity index is 2.38. The second-order valence-electron chi connectivity index (χ2n) is 4.38. The molecule has 0 spiro atoms. The summed E-state index contributed by atoms with van der Waals surface area (Å²) in [6.07, 6.45) is 1.16. The van der Waals surface area contributed by atoms with Crippen molar-refractivity contribution in [3.8, 4) is 0 Å². The van der Waals surface area contributed by atoms with Crippen LogP contribution < -0.4 is 0 Å². The van der Waals surface area contributed by atoms with Gasteiger partial charge in [-0.05, 0) is 34.8 Å². The average Bonchev–Trinajstić information content (AvgIpc) is 2.82. The van der Waals surface area contributed by atoms with Crippen LogP contribution in [0.3, 0.4) is 0 Å². The molecule has 2 rings (SSSR count). The first kappa shape index (κ1) is 14.0. The largest absolute Gasteiger partial charge is 0.274 e. The standard InChI is InChI=1S/C11H14BrNO3S2/c1-3-8-4-11(14)13(6-8)18(15,16)9-5-10(12)17-7(9)2/h5,8H,3-4,6H2,1-2H3. The lowest BCUT2D eigenvalue weighted by Gasteiger charge is -2.16. The van der Waals surface area contributed by atoms with Gasteiger partial charge in [0.2, 0.25) is 5.91 Å². The third-order valence-electron chi connectivity index (χ3n) is 3.15. The number of halogens is 1. The number of sulfonamides is 1. The van der Waals surface area contributed by atoms with Crippen molar-refractivity contribution in [2.24, 2.45) is 5.92 Å². The number of hydrogen-bond donors (Lipinski definition) is 0. The number of amides is 1. The molecule has 1 fully saturated rings. The van der Waals surface area contributed by atoms with Crippen LogP contribution >= 0.6 is 27.3 Å². The number of carbonyl (C=O) groups excluding carboxylic acids is 1. The zero-order valence-electron chi connectivity index (χ0n) is 10.1. The van der Waals surface area contributed by atoms with Crippen LogP contribution in [0.2, 0.25) is 0 Å². The highest BCUT2D eigenvalue weighted by Crippen LogP contribution is 2.34. The van der Waals surface area contributed by atoms with E-state index in [1.807, 2.05) is 6.92 Å². The van der Waals surface area contributed by atoms with E-state index in [4.69, 9.17) is 0 Å². The maximum absolute atomic E-state index is 12.4. The van der Waals surface area contributed by atoms with Crippen molar-refractivity contribution in [1.29, 1.82) is 0 Å². The molecule has 0 saturated carbocycles. The molecule has 0 radical (unpaired) electrons. The summed E-state index contributed by atoms with van der Waals surface area (Å²) in [6.45, 7) is 4.03. The van der Waals surface area contributed by atoms with Gasteiger partial charge in [-0.2, -0.15) is 0 Å². The summed E-state index contributed by atoms with van der Waals surface area (Å²) < 4.78 is 26.7. The van der Waals surface area contributed by atoms with Gasteiger partial charge in [0, 0.05) is 17.8 Å². The van der Waals surface area contributed by atoms with E-state index >= 15 is 0 Å². The van der Waals surface area contributed by atoms with Crippen LogP contribution in [0.1, 0.15) is 24.6 Å². The van der Waals surface area contributed by atoms with E-state index in [-0.39, 0.29) is 16.7 Å². The summed E-state index contributed by atoms with van der Waals surface area (Å²) in [7, 11) is -3.68. The van der Waals surface area contributed by atoms with Crippen LogP contribution in [0.5, 0.6) is 0 Å². The van der Waals surface area contributed by atoms with E-state index in [1.54, 1.807) is 13.0 Å². The van der Waals surface area contributed by atoms with Gasteiger partial charge >= 0.3 is 0 Å². The van der Waals surface area contributed by atoms with Crippen molar-refractivity contribution in [1.82, 2.24) is 4.31 Å². The molecule has 0 N–H and O–H groups in total. The maximum atomic E-state index is 12.4. The topological polar surface area (TPSA) is 54.5 Å². The minimum Gasteiger partial charge on any atom is -0.274 e. The van der Waals surface area contributed by atoms with Gasteiger partial charge in [0.25, 0.3) is 10.0 Å². The fourth-order valence-electron chi connectivity index (χ4n) is 2.06. The van der Waals surface area contributed by atoms with E-state index in [0.29, 0.717) is 17.8 Å². The van der Waals surface area contributed by atoms with Crippen LogP contribution in [0.25, 0.3) is 0 Å². The Kier molecular flexibility index (Phi) is 3.85.